The SMILES string of the molecule is CCNC(=O)Nc1c(Cl)ccc(C)c1Cl. The first-order valence-electron chi connectivity index (χ1n) is 4.55. The van der Waals surface area contributed by atoms with Crippen LogP contribution >= 0.6 is 23.2 Å². The van der Waals surface area contributed by atoms with E-state index in [2.05, 4.69) is 10.6 Å². The summed E-state index contributed by atoms with van der Waals surface area (Å²) < 4.78 is 0. The molecule has 2 amide bonds. The molecule has 0 aromatic heterocycles. The maximum atomic E-state index is 11.3. The summed E-state index contributed by atoms with van der Waals surface area (Å²) in [4.78, 5) is 11.3. The number of carbonyl (C=O) groups excluding carboxylic acids is 1. The lowest BCUT2D eigenvalue weighted by Crippen LogP contribution is -2.28. The van der Waals surface area contributed by atoms with Crippen molar-refractivity contribution in [2.45, 2.75) is 13.8 Å². The lowest BCUT2D eigenvalue weighted by Gasteiger charge is -2.11. The van der Waals surface area contributed by atoms with Crippen LogP contribution in [0.25, 0.3) is 0 Å². The Bertz CT molecular complexity index is 380. The zero-order valence-electron chi connectivity index (χ0n) is 8.53. The average Bonchev–Trinajstić information content (AvgIpc) is 2.19. The zero-order chi connectivity index (χ0) is 11.4. The van der Waals surface area contributed by atoms with Gasteiger partial charge in [-0.25, -0.2) is 4.79 Å². The van der Waals surface area contributed by atoms with Crippen LogP contribution in [0.2, 0.25) is 10.0 Å². The van der Waals surface area contributed by atoms with Gasteiger partial charge in [-0.1, -0.05) is 29.3 Å². The highest BCUT2D eigenvalue weighted by atomic mass is 35.5. The molecule has 0 heterocycles. The van der Waals surface area contributed by atoms with E-state index in [9.17, 15) is 4.79 Å². The highest BCUT2D eigenvalue weighted by Crippen LogP contribution is 2.32. The standard InChI is InChI=1S/C10H12Cl2N2O/c1-3-13-10(15)14-9-7(11)5-4-6(2)8(9)12/h4-5H,3H2,1-2H3,(H2,13,14,15). The Morgan fingerprint density at radius 1 is 1.40 bits per heavy atom. The number of benzene rings is 1. The van der Waals surface area contributed by atoms with Crippen LogP contribution in [0.5, 0.6) is 0 Å². The van der Waals surface area contributed by atoms with Crippen molar-refractivity contribution in [2.24, 2.45) is 0 Å². The van der Waals surface area contributed by atoms with Gasteiger partial charge in [0.2, 0.25) is 0 Å². The molecule has 2 N–H and O–H groups in total. The molecule has 15 heavy (non-hydrogen) atoms. The molecule has 1 rings (SSSR count). The van der Waals surface area contributed by atoms with Gasteiger partial charge in [-0.3, -0.25) is 0 Å². The van der Waals surface area contributed by atoms with Crippen LogP contribution in [-0.4, -0.2) is 12.6 Å². The van der Waals surface area contributed by atoms with Gasteiger partial charge in [0.15, 0.2) is 0 Å². The number of aryl methyl sites for hydroxylation is 1. The van der Waals surface area contributed by atoms with Crippen molar-refractivity contribution in [3.8, 4) is 0 Å². The van der Waals surface area contributed by atoms with Crippen LogP contribution in [0.4, 0.5) is 10.5 Å². The van der Waals surface area contributed by atoms with Gasteiger partial charge in [-0.05, 0) is 25.5 Å². The van der Waals surface area contributed by atoms with E-state index in [1.54, 1.807) is 12.1 Å². The Morgan fingerprint density at radius 2 is 2.07 bits per heavy atom. The third-order valence-electron chi connectivity index (χ3n) is 1.86. The fourth-order valence-corrected chi connectivity index (χ4v) is 1.55. The number of rotatable bonds is 2. The quantitative estimate of drug-likeness (QED) is 0.825. The van der Waals surface area contributed by atoms with Gasteiger partial charge in [0.05, 0.1) is 15.7 Å². The van der Waals surface area contributed by atoms with Gasteiger partial charge in [0.25, 0.3) is 0 Å². The molecule has 0 bridgehead atoms. The summed E-state index contributed by atoms with van der Waals surface area (Å²) in [5, 5.41) is 6.10. The maximum Gasteiger partial charge on any atom is 0.319 e. The largest absolute Gasteiger partial charge is 0.338 e. The molecular weight excluding hydrogens is 235 g/mol. The van der Waals surface area contributed by atoms with Crippen LogP contribution in [0.15, 0.2) is 12.1 Å². The normalized spacial score (nSPS) is 9.87. The lowest BCUT2D eigenvalue weighted by molar-refractivity contribution is 0.252. The first kappa shape index (κ1) is 12.1. The summed E-state index contributed by atoms with van der Waals surface area (Å²) in [5.74, 6) is 0. The molecule has 0 fully saturated rings. The van der Waals surface area contributed by atoms with Gasteiger partial charge < -0.3 is 10.6 Å². The van der Waals surface area contributed by atoms with E-state index in [0.29, 0.717) is 22.3 Å². The summed E-state index contributed by atoms with van der Waals surface area (Å²) in [7, 11) is 0. The second-order valence-electron chi connectivity index (χ2n) is 3.04. The summed E-state index contributed by atoms with van der Waals surface area (Å²) in [5.41, 5.74) is 1.32. The van der Waals surface area contributed by atoms with Gasteiger partial charge in [0.1, 0.15) is 0 Å². The van der Waals surface area contributed by atoms with Crippen molar-refractivity contribution in [1.29, 1.82) is 0 Å². The van der Waals surface area contributed by atoms with Crippen LogP contribution in [0.3, 0.4) is 0 Å². The molecule has 82 valence electrons. The molecule has 0 saturated carbocycles. The molecule has 0 radical (unpaired) electrons. The molecule has 0 spiro atoms. The van der Waals surface area contributed by atoms with E-state index in [1.165, 1.54) is 0 Å². The molecule has 0 aliphatic rings. The smallest absolute Gasteiger partial charge is 0.319 e. The molecule has 5 heteroatoms. The van der Waals surface area contributed by atoms with Gasteiger partial charge in [0, 0.05) is 6.54 Å². The molecule has 0 aliphatic heterocycles. The summed E-state index contributed by atoms with van der Waals surface area (Å²) >= 11 is 11.9. The molecule has 0 aliphatic carbocycles. The number of anilines is 1. The Balaban J connectivity index is 2.93. The van der Waals surface area contributed by atoms with Crippen molar-refractivity contribution in [3.05, 3.63) is 27.7 Å². The predicted molar refractivity (Wildman–Crippen MR) is 63.9 cm³/mol. The topological polar surface area (TPSA) is 41.1 Å². The van der Waals surface area contributed by atoms with Crippen LogP contribution in [0, 0.1) is 6.92 Å². The molecule has 0 atom stereocenters. The number of carbonyl (C=O) groups is 1. The van der Waals surface area contributed by atoms with Crippen molar-refractivity contribution in [1.82, 2.24) is 5.32 Å². The minimum Gasteiger partial charge on any atom is -0.338 e. The number of nitrogens with one attached hydrogen (secondary N) is 2. The highest BCUT2D eigenvalue weighted by molar-refractivity contribution is 6.40. The third-order valence-corrected chi connectivity index (χ3v) is 2.66. The second-order valence-corrected chi connectivity index (χ2v) is 3.82. The minimum atomic E-state index is -0.313. The third kappa shape index (κ3) is 3.01. The monoisotopic (exact) mass is 246 g/mol. The number of urea groups is 1. The van der Waals surface area contributed by atoms with Crippen molar-refractivity contribution >= 4 is 34.9 Å². The fraction of sp³-hybridized carbons (Fsp3) is 0.300. The van der Waals surface area contributed by atoms with E-state index in [0.717, 1.165) is 5.56 Å². The van der Waals surface area contributed by atoms with Crippen molar-refractivity contribution in [3.63, 3.8) is 0 Å². The maximum absolute atomic E-state index is 11.3. The molecule has 1 aromatic carbocycles. The van der Waals surface area contributed by atoms with E-state index >= 15 is 0 Å². The Labute approximate surface area is 98.8 Å². The molecule has 1 aromatic rings. The van der Waals surface area contributed by atoms with E-state index in [-0.39, 0.29) is 6.03 Å². The first-order valence-corrected chi connectivity index (χ1v) is 5.31. The first-order chi connectivity index (χ1) is 7.06. The van der Waals surface area contributed by atoms with Crippen molar-refractivity contribution < 1.29 is 4.79 Å². The van der Waals surface area contributed by atoms with Gasteiger partial charge >= 0.3 is 6.03 Å². The second kappa shape index (κ2) is 5.24. The molecular formula is C10H12Cl2N2O. The Hall–Kier alpha value is -0.930. The van der Waals surface area contributed by atoms with Gasteiger partial charge in [-0.15, -0.1) is 0 Å². The average molecular weight is 247 g/mol. The Morgan fingerprint density at radius 3 is 2.67 bits per heavy atom. The fourth-order valence-electron chi connectivity index (χ4n) is 1.09. The highest BCUT2D eigenvalue weighted by Gasteiger charge is 2.10. The Kier molecular flexibility index (Phi) is 4.24. The van der Waals surface area contributed by atoms with Crippen molar-refractivity contribution in [2.75, 3.05) is 11.9 Å². The number of amides is 2. The molecule has 3 nitrogen and oxygen atoms in total. The summed E-state index contributed by atoms with van der Waals surface area (Å²) in [6, 6.07) is 3.18. The van der Waals surface area contributed by atoms with Crippen LogP contribution in [-0.2, 0) is 0 Å². The van der Waals surface area contributed by atoms with E-state index in [4.69, 9.17) is 23.2 Å². The number of hydrogen-bond acceptors (Lipinski definition) is 1. The predicted octanol–water partition coefficient (Wildman–Crippen LogP) is 3.44. The summed E-state index contributed by atoms with van der Waals surface area (Å²) in [6.45, 7) is 4.23. The van der Waals surface area contributed by atoms with Crippen LogP contribution < -0.4 is 10.6 Å². The zero-order valence-corrected chi connectivity index (χ0v) is 10.0. The lowest BCUT2D eigenvalue weighted by atomic mass is 10.2. The summed E-state index contributed by atoms with van der Waals surface area (Å²) in [6.07, 6.45) is 0. The van der Waals surface area contributed by atoms with E-state index < -0.39 is 0 Å². The number of hydrogen-bond donors (Lipinski definition) is 2. The number of halogens is 2. The minimum absolute atomic E-state index is 0.313. The van der Waals surface area contributed by atoms with E-state index in [1.807, 2.05) is 13.8 Å². The molecule has 0 unspecified atom stereocenters. The van der Waals surface area contributed by atoms with Gasteiger partial charge in [-0.2, -0.15) is 0 Å². The van der Waals surface area contributed by atoms with Crippen LogP contribution in [0.1, 0.15) is 12.5 Å². The molecule has 0 saturated heterocycles.